The molecule has 11 heavy (non-hydrogen) atoms. The van der Waals surface area contributed by atoms with Crippen LogP contribution in [0.15, 0.2) is 62.2 Å². The minimum Gasteiger partial charge on any atom is -0.106 e. The van der Waals surface area contributed by atoms with E-state index in [1.165, 1.54) is 0 Å². The van der Waals surface area contributed by atoms with Gasteiger partial charge in [-0.2, -0.15) is 0 Å². The van der Waals surface area contributed by atoms with Gasteiger partial charge < -0.3 is 0 Å². The molecule has 0 heterocycles. The van der Waals surface area contributed by atoms with Gasteiger partial charge in [0.2, 0.25) is 0 Å². The molecular weight excluding hydrogens is 132 g/mol. The lowest BCUT2D eigenvalue weighted by Gasteiger charge is -1.69. The zero-order chi connectivity index (χ0) is 8.95. The monoisotopic (exact) mass is 148 g/mol. The van der Waals surface area contributed by atoms with Crippen molar-refractivity contribution in [3.05, 3.63) is 62.2 Å². The van der Waals surface area contributed by atoms with Crippen LogP contribution in [0.2, 0.25) is 0 Å². The molecule has 0 bridgehead atoms. The first-order chi connectivity index (χ1) is 5.41. The van der Waals surface area contributed by atoms with Crippen molar-refractivity contribution in [2.24, 2.45) is 0 Å². The Bertz CT molecular complexity index is 115. The van der Waals surface area contributed by atoms with Gasteiger partial charge in [-0.25, -0.2) is 0 Å². The largest absolute Gasteiger partial charge is 0.106 e. The Kier molecular flexibility index (Phi) is 17.9. The summed E-state index contributed by atoms with van der Waals surface area (Å²) in [4.78, 5) is 0. The summed E-state index contributed by atoms with van der Waals surface area (Å²) in [6, 6.07) is 12.0. The number of rotatable bonds is 0. The van der Waals surface area contributed by atoms with Crippen molar-refractivity contribution in [3.63, 3.8) is 0 Å². The third-order valence-corrected chi connectivity index (χ3v) is 0.667. The standard InChI is InChI=1S/C6H6.C3H6.C2H4/c1-2-4-6-5-3-1;1-3-2;1-2/h1-6H;3H,1H2,2H3;1-2H2. The Morgan fingerprint density at radius 3 is 1.00 bits per heavy atom. The van der Waals surface area contributed by atoms with Crippen molar-refractivity contribution in [3.8, 4) is 0 Å². The molecule has 0 spiro atoms. The average molecular weight is 148 g/mol. The molecule has 0 heteroatoms. The van der Waals surface area contributed by atoms with Crippen LogP contribution in [-0.4, -0.2) is 0 Å². The maximum absolute atomic E-state index is 3.36. The third kappa shape index (κ3) is 17.7. The highest BCUT2D eigenvalue weighted by molar-refractivity contribution is 4.99. The van der Waals surface area contributed by atoms with Gasteiger partial charge in [0.25, 0.3) is 0 Å². The van der Waals surface area contributed by atoms with Crippen LogP contribution in [0.1, 0.15) is 6.92 Å². The molecule has 0 N–H and O–H groups in total. The van der Waals surface area contributed by atoms with Gasteiger partial charge in [-0.15, -0.1) is 19.7 Å². The Morgan fingerprint density at radius 1 is 0.818 bits per heavy atom. The number of hydrogen-bond acceptors (Lipinski definition) is 0. The number of hydrogen-bond donors (Lipinski definition) is 0. The van der Waals surface area contributed by atoms with Gasteiger partial charge in [0.1, 0.15) is 0 Å². The summed E-state index contributed by atoms with van der Waals surface area (Å²) in [5.41, 5.74) is 0. The molecule has 1 aromatic carbocycles. The van der Waals surface area contributed by atoms with Crippen molar-refractivity contribution < 1.29 is 0 Å². The first kappa shape index (κ1) is 12.4. The van der Waals surface area contributed by atoms with Crippen LogP contribution in [-0.2, 0) is 0 Å². The van der Waals surface area contributed by atoms with E-state index in [-0.39, 0.29) is 0 Å². The summed E-state index contributed by atoms with van der Waals surface area (Å²) in [5.74, 6) is 0. The highest BCUT2D eigenvalue weighted by atomic mass is 13.6. The van der Waals surface area contributed by atoms with Crippen molar-refractivity contribution in [1.82, 2.24) is 0 Å². The van der Waals surface area contributed by atoms with E-state index >= 15 is 0 Å². The number of benzene rings is 1. The summed E-state index contributed by atoms with van der Waals surface area (Å²) in [7, 11) is 0. The van der Waals surface area contributed by atoms with Gasteiger partial charge in [0.05, 0.1) is 0 Å². The van der Waals surface area contributed by atoms with Crippen LogP contribution >= 0.6 is 0 Å². The minimum atomic E-state index is 1.75. The lowest BCUT2D eigenvalue weighted by atomic mass is 10.4. The first-order valence-corrected chi connectivity index (χ1v) is 3.49. The molecule has 1 rings (SSSR count). The van der Waals surface area contributed by atoms with Crippen molar-refractivity contribution >= 4 is 0 Å². The Labute approximate surface area is 69.9 Å². The minimum absolute atomic E-state index is 1.75. The highest BCUT2D eigenvalue weighted by Gasteiger charge is 1.57. The third-order valence-electron chi connectivity index (χ3n) is 0.667. The molecule has 0 aromatic heterocycles. The van der Waals surface area contributed by atoms with E-state index < -0.39 is 0 Å². The van der Waals surface area contributed by atoms with Crippen LogP contribution in [0.5, 0.6) is 0 Å². The fraction of sp³-hybridized carbons (Fsp3) is 0.0909. The molecule has 0 aliphatic rings. The fourth-order valence-electron chi connectivity index (χ4n) is 0.385. The van der Waals surface area contributed by atoms with Crippen molar-refractivity contribution in [2.45, 2.75) is 6.92 Å². The summed E-state index contributed by atoms with van der Waals surface area (Å²) in [6.07, 6.45) is 1.75. The molecular formula is C11H16. The van der Waals surface area contributed by atoms with E-state index in [4.69, 9.17) is 0 Å². The molecule has 0 aliphatic heterocycles. The predicted molar refractivity (Wildman–Crippen MR) is 53.6 cm³/mol. The molecule has 0 saturated heterocycles. The van der Waals surface area contributed by atoms with E-state index in [9.17, 15) is 0 Å². The van der Waals surface area contributed by atoms with Crippen LogP contribution in [0.4, 0.5) is 0 Å². The van der Waals surface area contributed by atoms with Crippen molar-refractivity contribution in [2.75, 3.05) is 0 Å². The lowest BCUT2D eigenvalue weighted by molar-refractivity contribution is 1.72. The van der Waals surface area contributed by atoms with Gasteiger partial charge in [0.15, 0.2) is 0 Å². The molecule has 0 fully saturated rings. The van der Waals surface area contributed by atoms with E-state index in [1.54, 1.807) is 6.08 Å². The highest BCUT2D eigenvalue weighted by Crippen LogP contribution is 1.79. The summed E-state index contributed by atoms with van der Waals surface area (Å²) >= 11 is 0. The Morgan fingerprint density at radius 2 is 0.909 bits per heavy atom. The summed E-state index contributed by atoms with van der Waals surface area (Å²) < 4.78 is 0. The van der Waals surface area contributed by atoms with Crippen LogP contribution in [0, 0.1) is 0 Å². The molecule has 0 amide bonds. The maximum Gasteiger partial charge on any atom is -0.0473 e. The molecule has 1 aromatic rings. The fourth-order valence-corrected chi connectivity index (χ4v) is 0.385. The van der Waals surface area contributed by atoms with E-state index in [2.05, 4.69) is 19.7 Å². The van der Waals surface area contributed by atoms with Gasteiger partial charge in [-0.3, -0.25) is 0 Å². The van der Waals surface area contributed by atoms with E-state index in [0.717, 1.165) is 0 Å². The van der Waals surface area contributed by atoms with Gasteiger partial charge in [0, 0.05) is 0 Å². The van der Waals surface area contributed by atoms with Crippen LogP contribution in [0.3, 0.4) is 0 Å². The lowest BCUT2D eigenvalue weighted by Crippen LogP contribution is -1.47. The molecule has 0 nitrogen and oxygen atoms in total. The topological polar surface area (TPSA) is 0 Å². The molecule has 0 radical (unpaired) electrons. The SMILES string of the molecule is C=C.C=CC.c1ccccc1. The molecule has 0 aliphatic carbocycles. The second-order valence-corrected chi connectivity index (χ2v) is 1.56. The average Bonchev–Trinajstić information content (AvgIpc) is 2.12. The molecule has 0 unspecified atom stereocenters. The quantitative estimate of drug-likeness (QED) is 0.492. The second-order valence-electron chi connectivity index (χ2n) is 1.56. The second kappa shape index (κ2) is 15.9. The van der Waals surface area contributed by atoms with Gasteiger partial charge in [-0.05, 0) is 6.92 Å². The van der Waals surface area contributed by atoms with Gasteiger partial charge in [-0.1, -0.05) is 42.5 Å². The summed E-state index contributed by atoms with van der Waals surface area (Å²) in [6.45, 7) is 11.2. The van der Waals surface area contributed by atoms with Gasteiger partial charge >= 0.3 is 0 Å². The molecule has 0 saturated carbocycles. The Balaban J connectivity index is 0. The van der Waals surface area contributed by atoms with Crippen LogP contribution in [0.25, 0.3) is 0 Å². The first-order valence-electron chi connectivity index (χ1n) is 3.49. The predicted octanol–water partition coefficient (Wildman–Crippen LogP) is 3.68. The smallest absolute Gasteiger partial charge is 0.0473 e. The zero-order valence-electron chi connectivity index (χ0n) is 7.16. The summed E-state index contributed by atoms with van der Waals surface area (Å²) in [5, 5.41) is 0. The molecule has 0 atom stereocenters. The zero-order valence-corrected chi connectivity index (χ0v) is 7.16. The number of allylic oxidation sites excluding steroid dienone is 1. The maximum atomic E-state index is 3.36. The van der Waals surface area contributed by atoms with E-state index in [0.29, 0.717) is 0 Å². The van der Waals surface area contributed by atoms with Crippen LogP contribution < -0.4 is 0 Å². The molecule has 60 valence electrons. The van der Waals surface area contributed by atoms with Crippen molar-refractivity contribution in [1.29, 1.82) is 0 Å². The normalized spacial score (nSPS) is 5.91. The van der Waals surface area contributed by atoms with E-state index in [1.807, 2.05) is 43.3 Å². The Hall–Kier alpha value is -1.30.